The maximum atomic E-state index is 12.9. The van der Waals surface area contributed by atoms with Crippen molar-refractivity contribution in [1.82, 2.24) is 19.9 Å². The van der Waals surface area contributed by atoms with Crippen LogP contribution in [0.15, 0.2) is 48.2 Å². The zero-order chi connectivity index (χ0) is 21.4. The number of amides is 1. The van der Waals surface area contributed by atoms with Gasteiger partial charge in [-0.25, -0.2) is 4.98 Å². The number of piperazine rings is 1. The summed E-state index contributed by atoms with van der Waals surface area (Å²) in [6.45, 7) is 5.52. The predicted molar refractivity (Wildman–Crippen MR) is 123 cm³/mol. The second-order valence-corrected chi connectivity index (χ2v) is 8.35. The molecule has 4 heterocycles. The fraction of sp³-hybridized carbons (Fsp3) is 0.227. The summed E-state index contributed by atoms with van der Waals surface area (Å²) in [6.07, 6.45) is 5.22. The molecule has 1 aromatic carbocycles. The molecule has 1 aliphatic heterocycles. The molecule has 0 saturated carbocycles. The van der Waals surface area contributed by atoms with E-state index < -0.39 is 0 Å². The summed E-state index contributed by atoms with van der Waals surface area (Å²) in [6, 6.07) is 7.81. The summed E-state index contributed by atoms with van der Waals surface area (Å²) >= 11 is 1.30. The first kappa shape index (κ1) is 19.5. The van der Waals surface area contributed by atoms with Gasteiger partial charge in [-0.3, -0.25) is 14.3 Å². The first-order valence-corrected chi connectivity index (χ1v) is 11.0. The lowest BCUT2D eigenvalue weighted by atomic mass is 10.1. The van der Waals surface area contributed by atoms with Crippen LogP contribution in [0.5, 0.6) is 5.88 Å². The van der Waals surface area contributed by atoms with Gasteiger partial charge >= 0.3 is 0 Å². The van der Waals surface area contributed by atoms with Crippen molar-refractivity contribution < 1.29 is 9.90 Å². The van der Waals surface area contributed by atoms with Gasteiger partial charge in [0.1, 0.15) is 5.69 Å². The van der Waals surface area contributed by atoms with Gasteiger partial charge < -0.3 is 20.6 Å². The van der Waals surface area contributed by atoms with Crippen LogP contribution in [0.3, 0.4) is 0 Å². The van der Waals surface area contributed by atoms with Gasteiger partial charge in [-0.1, -0.05) is 17.7 Å². The molecule has 1 saturated heterocycles. The van der Waals surface area contributed by atoms with Crippen molar-refractivity contribution in [2.75, 3.05) is 36.4 Å². The highest BCUT2D eigenvalue weighted by atomic mass is 32.1. The van der Waals surface area contributed by atoms with Crippen molar-refractivity contribution in [2.24, 2.45) is 0 Å². The van der Waals surface area contributed by atoms with Crippen LogP contribution in [0.1, 0.15) is 16.1 Å². The quantitative estimate of drug-likeness (QED) is 0.457. The third-order valence-electron chi connectivity index (χ3n) is 5.38. The summed E-state index contributed by atoms with van der Waals surface area (Å²) in [7, 11) is 0. The Labute approximate surface area is 183 Å². The number of fused-ring (bicyclic) bond motifs is 1. The maximum Gasteiger partial charge on any atom is 0.275 e. The lowest BCUT2D eigenvalue weighted by Crippen LogP contribution is -2.43. The molecule has 0 aliphatic carbocycles. The highest BCUT2D eigenvalue weighted by Gasteiger charge is 2.19. The molecule has 0 unspecified atom stereocenters. The van der Waals surface area contributed by atoms with Crippen molar-refractivity contribution in [2.45, 2.75) is 6.92 Å². The largest absolute Gasteiger partial charge is 0.494 e. The van der Waals surface area contributed by atoms with E-state index in [1.807, 2.05) is 37.4 Å². The molecule has 0 atom stereocenters. The summed E-state index contributed by atoms with van der Waals surface area (Å²) in [4.78, 5) is 23.8. The number of hydrogen-bond donors (Lipinski definition) is 3. The molecule has 3 aromatic heterocycles. The van der Waals surface area contributed by atoms with Crippen molar-refractivity contribution in [3.63, 3.8) is 0 Å². The molecule has 158 valence electrons. The molecular weight excluding hydrogens is 412 g/mol. The molecule has 0 spiro atoms. The van der Waals surface area contributed by atoms with E-state index in [0.29, 0.717) is 16.5 Å². The molecule has 3 N–H and O–H groups in total. The van der Waals surface area contributed by atoms with Crippen LogP contribution >= 0.6 is 11.3 Å². The normalized spacial score (nSPS) is 14.2. The van der Waals surface area contributed by atoms with E-state index in [0.717, 1.165) is 48.2 Å². The summed E-state index contributed by atoms with van der Waals surface area (Å²) in [5, 5.41) is 20.8. The Morgan fingerprint density at radius 3 is 2.94 bits per heavy atom. The molecule has 4 aromatic rings. The van der Waals surface area contributed by atoms with E-state index in [2.05, 4.69) is 25.5 Å². The van der Waals surface area contributed by atoms with Crippen molar-refractivity contribution >= 4 is 39.4 Å². The number of thiazole rings is 1. The number of benzene rings is 1. The molecule has 9 heteroatoms. The van der Waals surface area contributed by atoms with Crippen molar-refractivity contribution in [3.8, 4) is 11.0 Å². The Balaban J connectivity index is 1.40. The first-order chi connectivity index (χ1) is 15.1. The number of nitrogens with one attached hydrogen (secondary N) is 2. The van der Waals surface area contributed by atoms with Crippen molar-refractivity contribution in [1.29, 1.82) is 0 Å². The summed E-state index contributed by atoms with van der Waals surface area (Å²) in [5.74, 6) is -0.188. The van der Waals surface area contributed by atoms with Gasteiger partial charge in [0, 0.05) is 54.7 Å². The van der Waals surface area contributed by atoms with E-state index in [1.165, 1.54) is 11.3 Å². The molecule has 0 radical (unpaired) electrons. The summed E-state index contributed by atoms with van der Waals surface area (Å²) in [5.41, 5.74) is 2.97. The predicted octanol–water partition coefficient (Wildman–Crippen LogP) is 3.16. The fourth-order valence-electron chi connectivity index (χ4n) is 3.78. The maximum absolute atomic E-state index is 12.9. The van der Waals surface area contributed by atoms with E-state index in [-0.39, 0.29) is 11.8 Å². The molecule has 5 rings (SSSR count). The monoisotopic (exact) mass is 434 g/mol. The van der Waals surface area contributed by atoms with Crippen LogP contribution in [0.25, 0.3) is 15.9 Å². The highest BCUT2D eigenvalue weighted by molar-refractivity contribution is 7.12. The van der Waals surface area contributed by atoms with Gasteiger partial charge in [0.25, 0.3) is 5.91 Å². The zero-order valence-electron chi connectivity index (χ0n) is 17.0. The molecule has 1 aliphatic rings. The van der Waals surface area contributed by atoms with Gasteiger partial charge in [-0.15, -0.1) is 11.3 Å². The number of hydrogen-bond acceptors (Lipinski definition) is 7. The van der Waals surface area contributed by atoms with Crippen molar-refractivity contribution in [3.05, 3.63) is 59.5 Å². The number of aromatic nitrogens is 3. The summed E-state index contributed by atoms with van der Waals surface area (Å²) < 4.78 is 1.61. The molecule has 1 amide bonds. The Hall–Kier alpha value is -3.43. The van der Waals surface area contributed by atoms with Gasteiger partial charge in [0.05, 0.1) is 17.6 Å². The van der Waals surface area contributed by atoms with Crippen LogP contribution in [-0.4, -0.2) is 51.7 Å². The van der Waals surface area contributed by atoms with Gasteiger partial charge in [0.2, 0.25) is 5.88 Å². The van der Waals surface area contributed by atoms with Gasteiger partial charge in [-0.2, -0.15) is 0 Å². The minimum absolute atomic E-state index is 0.119. The Morgan fingerprint density at radius 1 is 1.26 bits per heavy atom. The lowest BCUT2D eigenvalue weighted by molar-refractivity contribution is 0.102. The fourth-order valence-corrected chi connectivity index (χ4v) is 4.56. The SMILES string of the molecule is Cc1ccc2cn(-c3nc(C(=O)Nc4cnccc4N4CCNCC4)cs3)c(O)c2c1. The zero-order valence-corrected chi connectivity index (χ0v) is 17.8. The lowest BCUT2D eigenvalue weighted by Gasteiger charge is -2.30. The minimum Gasteiger partial charge on any atom is -0.494 e. The highest BCUT2D eigenvalue weighted by Crippen LogP contribution is 2.32. The van der Waals surface area contributed by atoms with Crippen LogP contribution in [-0.2, 0) is 0 Å². The smallest absolute Gasteiger partial charge is 0.275 e. The molecule has 31 heavy (non-hydrogen) atoms. The minimum atomic E-state index is -0.307. The number of rotatable bonds is 4. The van der Waals surface area contributed by atoms with Crippen LogP contribution < -0.4 is 15.5 Å². The van der Waals surface area contributed by atoms with E-state index in [9.17, 15) is 9.90 Å². The van der Waals surface area contributed by atoms with E-state index >= 15 is 0 Å². The number of carbonyl (C=O) groups is 1. The average Bonchev–Trinajstić information content (AvgIpc) is 3.40. The van der Waals surface area contributed by atoms with Crippen LogP contribution in [0.2, 0.25) is 0 Å². The third kappa shape index (κ3) is 3.73. The van der Waals surface area contributed by atoms with E-state index in [1.54, 1.807) is 22.3 Å². The van der Waals surface area contributed by atoms with E-state index in [4.69, 9.17) is 0 Å². The molecule has 1 fully saturated rings. The molecule has 0 bridgehead atoms. The standard InChI is InChI=1S/C22H22N6O2S/c1-14-2-3-15-12-28(21(30)16(15)10-14)22-26-18(13-31-22)20(29)25-17-11-24-5-4-19(17)27-8-6-23-7-9-27/h2-5,10-13,23,30H,6-9H2,1H3,(H,25,29). The second kappa shape index (κ2) is 8.01. The number of pyridine rings is 1. The topological polar surface area (TPSA) is 95.3 Å². The number of nitrogens with zero attached hydrogens (tertiary/aromatic N) is 4. The third-order valence-corrected chi connectivity index (χ3v) is 6.22. The number of aryl methyl sites for hydroxylation is 1. The second-order valence-electron chi connectivity index (χ2n) is 7.51. The molecular formula is C22H22N6O2S. The number of anilines is 2. The van der Waals surface area contributed by atoms with Gasteiger partial charge in [-0.05, 0) is 19.1 Å². The Morgan fingerprint density at radius 2 is 2.10 bits per heavy atom. The Bertz CT molecular complexity index is 1260. The molecule has 8 nitrogen and oxygen atoms in total. The Kier molecular flexibility index (Phi) is 5.05. The van der Waals surface area contributed by atoms with Crippen LogP contribution in [0.4, 0.5) is 11.4 Å². The van der Waals surface area contributed by atoms with Crippen LogP contribution in [0, 0.1) is 6.92 Å². The first-order valence-electron chi connectivity index (χ1n) is 10.1. The number of aromatic hydroxyl groups is 1. The van der Waals surface area contributed by atoms with Gasteiger partial charge in [0.15, 0.2) is 5.13 Å². The number of carbonyl (C=O) groups excluding carboxylic acids is 1. The average molecular weight is 435 g/mol.